The first-order valence-corrected chi connectivity index (χ1v) is 9.49. The molecule has 10 nitrogen and oxygen atoms in total. The molecule has 0 spiro atoms. The number of aliphatic carboxylic acids is 2. The Kier molecular flexibility index (Phi) is 9.93. The van der Waals surface area contributed by atoms with Gasteiger partial charge in [-0.1, -0.05) is 12.1 Å². The Labute approximate surface area is 173 Å². The summed E-state index contributed by atoms with van der Waals surface area (Å²) in [4.78, 5) is 47.2. The molecular formula is C20H28N2O8. The van der Waals surface area contributed by atoms with Gasteiger partial charge in [0.1, 0.15) is 23.6 Å². The second kappa shape index (κ2) is 11.9. The molecule has 4 atom stereocenters. The summed E-state index contributed by atoms with van der Waals surface area (Å²) in [7, 11) is 0. The molecule has 6 N–H and O–H groups in total. The summed E-state index contributed by atoms with van der Waals surface area (Å²) in [5.41, 5.74) is 0.577. The number of phenols is 1. The van der Waals surface area contributed by atoms with Gasteiger partial charge in [-0.2, -0.15) is 0 Å². The van der Waals surface area contributed by atoms with E-state index in [1.807, 2.05) is 0 Å². The highest BCUT2D eigenvalue weighted by atomic mass is 16.4. The van der Waals surface area contributed by atoms with E-state index in [9.17, 15) is 39.6 Å². The van der Waals surface area contributed by atoms with E-state index >= 15 is 0 Å². The van der Waals surface area contributed by atoms with Crippen molar-refractivity contribution in [1.29, 1.82) is 0 Å². The lowest BCUT2D eigenvalue weighted by atomic mass is 10.0. The number of Topliss-reactive ketones (excluding diaryl/α,β-unsaturated/α-hetero) is 1. The van der Waals surface area contributed by atoms with Gasteiger partial charge in [-0.25, -0.2) is 4.79 Å². The SMILES string of the molecule is C[C@H](O)CCC(=O)C[C@H](N[C@@H](C)C(=O)N[C@@H](Cc1ccc(O)cc1)C(=O)O)C(=O)O. The average Bonchev–Trinajstić information content (AvgIpc) is 2.66. The number of aliphatic hydroxyl groups excluding tert-OH is 1. The minimum atomic E-state index is -1.33. The highest BCUT2D eigenvalue weighted by Crippen LogP contribution is 2.12. The third-order valence-corrected chi connectivity index (χ3v) is 4.41. The number of aliphatic hydroxyl groups is 1. The van der Waals surface area contributed by atoms with E-state index in [-0.39, 0.29) is 37.2 Å². The molecule has 0 saturated carbocycles. The fourth-order valence-electron chi connectivity index (χ4n) is 2.66. The molecule has 1 amide bonds. The molecule has 0 radical (unpaired) electrons. The van der Waals surface area contributed by atoms with Crippen molar-refractivity contribution in [2.75, 3.05) is 0 Å². The fraction of sp³-hybridized carbons (Fsp3) is 0.500. The topological polar surface area (TPSA) is 173 Å². The van der Waals surface area contributed by atoms with Crippen LogP contribution in [0.5, 0.6) is 5.75 Å². The van der Waals surface area contributed by atoms with Crippen molar-refractivity contribution in [3.8, 4) is 5.75 Å². The molecule has 1 rings (SSSR count). The van der Waals surface area contributed by atoms with Gasteiger partial charge in [0.05, 0.1) is 12.1 Å². The minimum absolute atomic E-state index is 0.0113. The Hall–Kier alpha value is -2.98. The summed E-state index contributed by atoms with van der Waals surface area (Å²) >= 11 is 0. The number of ketones is 1. The number of benzene rings is 1. The number of rotatable bonds is 13. The van der Waals surface area contributed by atoms with Crippen molar-refractivity contribution in [2.24, 2.45) is 0 Å². The highest BCUT2D eigenvalue weighted by Gasteiger charge is 2.28. The van der Waals surface area contributed by atoms with Crippen molar-refractivity contribution in [3.63, 3.8) is 0 Å². The fourth-order valence-corrected chi connectivity index (χ4v) is 2.66. The molecule has 10 heteroatoms. The molecule has 0 aliphatic heterocycles. The second-order valence-electron chi connectivity index (χ2n) is 7.18. The monoisotopic (exact) mass is 424 g/mol. The van der Waals surface area contributed by atoms with E-state index in [2.05, 4.69) is 10.6 Å². The number of nitrogens with one attached hydrogen (secondary N) is 2. The van der Waals surface area contributed by atoms with E-state index in [1.54, 1.807) is 0 Å². The lowest BCUT2D eigenvalue weighted by Gasteiger charge is -2.22. The highest BCUT2D eigenvalue weighted by molar-refractivity contribution is 5.89. The van der Waals surface area contributed by atoms with E-state index in [1.165, 1.54) is 38.1 Å². The number of phenolic OH excluding ortho intramolecular Hbond substituents is 1. The van der Waals surface area contributed by atoms with Gasteiger partial charge in [0, 0.05) is 19.3 Å². The van der Waals surface area contributed by atoms with E-state index in [4.69, 9.17) is 0 Å². The molecule has 1 aromatic rings. The quantitative estimate of drug-likeness (QED) is 0.256. The maximum atomic E-state index is 12.4. The zero-order chi connectivity index (χ0) is 22.8. The average molecular weight is 424 g/mol. The van der Waals surface area contributed by atoms with Crippen molar-refractivity contribution in [2.45, 2.75) is 63.8 Å². The zero-order valence-corrected chi connectivity index (χ0v) is 16.9. The zero-order valence-electron chi connectivity index (χ0n) is 16.9. The van der Waals surface area contributed by atoms with Gasteiger partial charge in [0.2, 0.25) is 5.91 Å². The van der Waals surface area contributed by atoms with Gasteiger partial charge in [-0.3, -0.25) is 19.7 Å². The molecule has 1 aromatic carbocycles. The lowest BCUT2D eigenvalue weighted by Crippen LogP contribution is -2.53. The molecule has 0 aliphatic rings. The summed E-state index contributed by atoms with van der Waals surface area (Å²) in [5, 5.41) is 42.1. The largest absolute Gasteiger partial charge is 0.508 e. The molecule has 0 bridgehead atoms. The number of carboxylic acid groups (broad SMARTS) is 2. The summed E-state index contributed by atoms with van der Waals surface area (Å²) in [6.45, 7) is 2.88. The van der Waals surface area contributed by atoms with Crippen LogP contribution in [0.4, 0.5) is 0 Å². The summed E-state index contributed by atoms with van der Waals surface area (Å²) in [6.07, 6.45) is -0.864. The van der Waals surface area contributed by atoms with Crippen molar-refractivity contribution >= 4 is 23.6 Å². The standard InChI is InChI=1S/C20H28N2O8/c1-11(23)3-6-15(25)10-17(20(29)30)21-12(2)18(26)22-16(19(27)28)9-13-4-7-14(24)8-5-13/h4-5,7-8,11-12,16-17,21,23-24H,3,6,9-10H2,1-2H3,(H,22,26)(H,27,28)(H,29,30)/t11-,12-,16-,17-/m0/s1. The Bertz CT molecular complexity index is 748. The molecule has 0 fully saturated rings. The van der Waals surface area contributed by atoms with Crippen molar-refractivity contribution in [1.82, 2.24) is 10.6 Å². The van der Waals surface area contributed by atoms with Crippen LogP contribution in [-0.2, 0) is 25.6 Å². The third kappa shape index (κ3) is 9.01. The second-order valence-corrected chi connectivity index (χ2v) is 7.18. The molecule has 0 aliphatic carbocycles. The normalized spacial score (nSPS) is 14.9. The number of hydrogen-bond acceptors (Lipinski definition) is 7. The first-order valence-electron chi connectivity index (χ1n) is 9.49. The Morgan fingerprint density at radius 1 is 0.967 bits per heavy atom. The van der Waals surface area contributed by atoms with E-state index in [0.29, 0.717) is 5.56 Å². The van der Waals surface area contributed by atoms with Crippen LogP contribution in [0.1, 0.15) is 38.7 Å². The van der Waals surface area contributed by atoms with Crippen LogP contribution >= 0.6 is 0 Å². The van der Waals surface area contributed by atoms with Gasteiger partial charge in [-0.15, -0.1) is 0 Å². The minimum Gasteiger partial charge on any atom is -0.508 e. The van der Waals surface area contributed by atoms with Gasteiger partial charge in [-0.05, 0) is 38.0 Å². The molecule has 0 aromatic heterocycles. The number of hydrogen-bond donors (Lipinski definition) is 6. The van der Waals surface area contributed by atoms with Crippen LogP contribution in [-0.4, -0.2) is 68.3 Å². The van der Waals surface area contributed by atoms with Gasteiger partial charge in [0.25, 0.3) is 0 Å². The van der Waals surface area contributed by atoms with Crippen LogP contribution in [0.25, 0.3) is 0 Å². The Morgan fingerprint density at radius 2 is 1.53 bits per heavy atom. The van der Waals surface area contributed by atoms with E-state index < -0.39 is 42.1 Å². The van der Waals surface area contributed by atoms with Gasteiger partial charge in [0.15, 0.2) is 0 Å². The van der Waals surface area contributed by atoms with Crippen LogP contribution in [0.3, 0.4) is 0 Å². The third-order valence-electron chi connectivity index (χ3n) is 4.41. The molecule has 166 valence electrons. The molecule has 0 heterocycles. The molecule has 30 heavy (non-hydrogen) atoms. The first kappa shape index (κ1) is 25.1. The summed E-state index contributed by atoms with van der Waals surface area (Å²) in [5.74, 6) is -3.68. The molecular weight excluding hydrogens is 396 g/mol. The van der Waals surface area contributed by atoms with Gasteiger partial charge >= 0.3 is 11.9 Å². The number of amides is 1. The smallest absolute Gasteiger partial charge is 0.326 e. The summed E-state index contributed by atoms with van der Waals surface area (Å²) < 4.78 is 0. The predicted molar refractivity (Wildman–Crippen MR) is 106 cm³/mol. The predicted octanol–water partition coefficient (Wildman–Crippen LogP) is 0.0556. The van der Waals surface area contributed by atoms with Crippen LogP contribution in [0, 0.1) is 0 Å². The Balaban J connectivity index is 2.69. The van der Waals surface area contributed by atoms with Crippen molar-refractivity contribution in [3.05, 3.63) is 29.8 Å². The first-order chi connectivity index (χ1) is 14.0. The maximum Gasteiger partial charge on any atom is 0.326 e. The molecule has 0 saturated heterocycles. The van der Waals surface area contributed by atoms with Crippen molar-refractivity contribution < 1.29 is 39.6 Å². The van der Waals surface area contributed by atoms with Crippen LogP contribution < -0.4 is 10.6 Å². The number of carbonyl (C=O) groups is 4. The van der Waals surface area contributed by atoms with Gasteiger partial charge < -0.3 is 25.7 Å². The number of carbonyl (C=O) groups excluding carboxylic acids is 2. The summed E-state index contributed by atoms with van der Waals surface area (Å²) in [6, 6.07) is 2.18. The maximum absolute atomic E-state index is 12.4. The van der Waals surface area contributed by atoms with E-state index in [0.717, 1.165) is 0 Å². The Morgan fingerprint density at radius 3 is 2.03 bits per heavy atom. The number of aromatic hydroxyl groups is 1. The van der Waals surface area contributed by atoms with Crippen LogP contribution in [0.2, 0.25) is 0 Å². The van der Waals surface area contributed by atoms with Crippen LogP contribution in [0.15, 0.2) is 24.3 Å². The lowest BCUT2D eigenvalue weighted by molar-refractivity contribution is -0.143. The number of carboxylic acids is 2. The molecule has 0 unspecified atom stereocenters.